The zero-order valence-electron chi connectivity index (χ0n) is 9.03. The highest BCUT2D eigenvalue weighted by Crippen LogP contribution is 2.12. The zero-order valence-corrected chi connectivity index (χ0v) is 9.03. The number of hydrogen-bond acceptors (Lipinski definition) is 3. The van der Waals surface area contributed by atoms with E-state index in [4.69, 9.17) is 5.26 Å². The minimum atomic E-state index is 0.748. The molecule has 16 heavy (non-hydrogen) atoms. The van der Waals surface area contributed by atoms with Crippen LogP contribution in [-0.2, 0) is 0 Å². The van der Waals surface area contributed by atoms with E-state index in [9.17, 15) is 0 Å². The molecule has 3 rings (SSSR count). The summed E-state index contributed by atoms with van der Waals surface area (Å²) in [5, 5.41) is 14.8. The van der Waals surface area contributed by atoms with E-state index in [1.807, 2.05) is 12.1 Å². The van der Waals surface area contributed by atoms with Gasteiger partial charge >= 0.3 is 0 Å². The first-order valence-corrected chi connectivity index (χ1v) is 5.58. The van der Waals surface area contributed by atoms with Crippen molar-refractivity contribution in [1.29, 1.82) is 5.26 Å². The topological polar surface area (TPSA) is 39.1 Å². The van der Waals surface area contributed by atoms with Gasteiger partial charge in [0, 0.05) is 30.4 Å². The molecule has 0 aromatic heterocycles. The van der Waals surface area contributed by atoms with E-state index >= 15 is 0 Å². The average Bonchev–Trinajstić information content (AvgIpc) is 2.38. The molecule has 0 saturated carbocycles. The summed E-state index contributed by atoms with van der Waals surface area (Å²) in [4.78, 5) is 2.36. The van der Waals surface area contributed by atoms with Crippen molar-refractivity contribution in [3.05, 3.63) is 34.2 Å². The van der Waals surface area contributed by atoms with Gasteiger partial charge < -0.3 is 4.90 Å². The van der Waals surface area contributed by atoms with Crippen molar-refractivity contribution in [2.24, 2.45) is 0 Å². The number of nitrogens with one attached hydrogen (secondary N) is 1. The van der Waals surface area contributed by atoms with E-state index in [1.54, 1.807) is 0 Å². The molecule has 80 valence electrons. The molecule has 0 radical (unpaired) electrons. The van der Waals surface area contributed by atoms with Crippen molar-refractivity contribution >= 4 is 11.8 Å². The number of benzene rings is 1. The standard InChI is InChI=1S/C13H13N3/c14-8-10-1-2-12-11(7-10)4-6-16-9-15-5-3-13(12)16/h1-2,4,7,15H,3,5-6,9H2. The summed E-state index contributed by atoms with van der Waals surface area (Å²) in [7, 11) is 0. The molecule has 1 aromatic rings. The summed E-state index contributed by atoms with van der Waals surface area (Å²) >= 11 is 0. The Hall–Kier alpha value is -1.79. The van der Waals surface area contributed by atoms with Gasteiger partial charge in [0.05, 0.1) is 18.3 Å². The van der Waals surface area contributed by atoms with Crippen LogP contribution < -0.4 is 15.8 Å². The Balaban J connectivity index is 2.24. The number of nitrogens with zero attached hydrogens (tertiary/aromatic N) is 2. The Bertz CT molecular complexity index is 580. The number of fused-ring (bicyclic) bond motifs is 2. The van der Waals surface area contributed by atoms with Crippen molar-refractivity contribution in [3.63, 3.8) is 0 Å². The van der Waals surface area contributed by atoms with E-state index in [0.717, 1.165) is 31.7 Å². The zero-order chi connectivity index (χ0) is 11.0. The van der Waals surface area contributed by atoms with Crippen LogP contribution >= 0.6 is 0 Å². The third kappa shape index (κ3) is 1.39. The molecular formula is C13H13N3. The average molecular weight is 211 g/mol. The molecule has 0 unspecified atom stereocenters. The molecule has 0 atom stereocenters. The van der Waals surface area contributed by atoms with Crippen LogP contribution in [0.1, 0.15) is 12.0 Å². The molecule has 0 aliphatic carbocycles. The van der Waals surface area contributed by atoms with E-state index in [0.29, 0.717) is 0 Å². The number of nitriles is 1. The third-order valence-corrected chi connectivity index (χ3v) is 3.25. The summed E-state index contributed by atoms with van der Waals surface area (Å²) in [6.45, 7) is 2.93. The molecule has 1 aromatic carbocycles. The van der Waals surface area contributed by atoms with Crippen LogP contribution in [0.4, 0.5) is 0 Å². The first-order chi connectivity index (χ1) is 7.88. The second-order valence-corrected chi connectivity index (χ2v) is 4.20. The predicted molar refractivity (Wildman–Crippen MR) is 62.5 cm³/mol. The molecule has 3 nitrogen and oxygen atoms in total. The first-order valence-electron chi connectivity index (χ1n) is 5.58. The smallest absolute Gasteiger partial charge is 0.0991 e. The van der Waals surface area contributed by atoms with Crippen molar-refractivity contribution in [3.8, 4) is 6.07 Å². The van der Waals surface area contributed by atoms with E-state index in [1.165, 1.54) is 16.1 Å². The van der Waals surface area contributed by atoms with Gasteiger partial charge in [-0.25, -0.2) is 0 Å². The highest BCUT2D eigenvalue weighted by Gasteiger charge is 2.16. The van der Waals surface area contributed by atoms with Crippen LogP contribution in [0.2, 0.25) is 0 Å². The van der Waals surface area contributed by atoms with Gasteiger partial charge in [-0.1, -0.05) is 12.1 Å². The first kappa shape index (κ1) is 9.44. The lowest BCUT2D eigenvalue weighted by molar-refractivity contribution is 0.353. The lowest BCUT2D eigenvalue weighted by Crippen LogP contribution is -2.47. The van der Waals surface area contributed by atoms with Crippen LogP contribution in [-0.4, -0.2) is 24.7 Å². The third-order valence-electron chi connectivity index (χ3n) is 3.25. The lowest BCUT2D eigenvalue weighted by Gasteiger charge is -2.33. The fourth-order valence-corrected chi connectivity index (χ4v) is 2.43. The monoisotopic (exact) mass is 211 g/mol. The molecule has 0 bridgehead atoms. The molecule has 2 aliphatic heterocycles. The maximum atomic E-state index is 8.88. The maximum absolute atomic E-state index is 8.88. The SMILES string of the molecule is N#Cc1ccc2c(c1)=CCN1CNCCC=21. The summed E-state index contributed by atoms with van der Waals surface area (Å²) in [6, 6.07) is 8.17. The minimum absolute atomic E-state index is 0.748. The number of rotatable bonds is 0. The Kier molecular flexibility index (Phi) is 2.16. The van der Waals surface area contributed by atoms with Crippen molar-refractivity contribution in [2.45, 2.75) is 6.42 Å². The van der Waals surface area contributed by atoms with Crippen LogP contribution in [0.3, 0.4) is 0 Å². The van der Waals surface area contributed by atoms with Gasteiger partial charge in [-0.2, -0.15) is 5.26 Å². The normalized spacial score (nSPS) is 18.2. The number of hydrogen-bond donors (Lipinski definition) is 1. The van der Waals surface area contributed by atoms with Gasteiger partial charge in [0.25, 0.3) is 0 Å². The molecule has 1 N–H and O–H groups in total. The minimum Gasteiger partial charge on any atom is -0.358 e. The summed E-state index contributed by atoms with van der Waals surface area (Å²) in [5.41, 5.74) is 2.17. The van der Waals surface area contributed by atoms with Gasteiger partial charge in [0.1, 0.15) is 0 Å². The molecule has 0 amide bonds. The highest BCUT2D eigenvalue weighted by atomic mass is 15.2. The van der Waals surface area contributed by atoms with Gasteiger partial charge in [-0.3, -0.25) is 5.32 Å². The van der Waals surface area contributed by atoms with Crippen LogP contribution in [0.5, 0.6) is 0 Å². The quantitative estimate of drug-likeness (QED) is 0.641. The summed E-state index contributed by atoms with van der Waals surface area (Å²) in [6.07, 6.45) is 3.28. The predicted octanol–water partition coefficient (Wildman–Crippen LogP) is -0.287. The highest BCUT2D eigenvalue weighted by molar-refractivity contribution is 5.52. The second kappa shape index (κ2) is 3.66. The lowest BCUT2D eigenvalue weighted by atomic mass is 10.0. The van der Waals surface area contributed by atoms with Gasteiger partial charge in [0.2, 0.25) is 0 Å². The van der Waals surface area contributed by atoms with Gasteiger partial charge in [0.15, 0.2) is 0 Å². The molecule has 2 aliphatic rings. The molecule has 1 fully saturated rings. The van der Waals surface area contributed by atoms with Crippen LogP contribution in [0, 0.1) is 11.3 Å². The largest absolute Gasteiger partial charge is 0.358 e. The maximum Gasteiger partial charge on any atom is 0.0991 e. The van der Waals surface area contributed by atoms with Crippen LogP contribution in [0.25, 0.3) is 11.8 Å². The Morgan fingerprint density at radius 2 is 2.31 bits per heavy atom. The molecule has 3 heteroatoms. The fraction of sp³-hybridized carbons (Fsp3) is 0.308. The van der Waals surface area contributed by atoms with Gasteiger partial charge in [-0.05, 0) is 17.4 Å². The summed E-state index contributed by atoms with van der Waals surface area (Å²) < 4.78 is 0. The molecular weight excluding hydrogens is 198 g/mol. The summed E-state index contributed by atoms with van der Waals surface area (Å²) in [5.74, 6) is 0. The van der Waals surface area contributed by atoms with Crippen molar-refractivity contribution < 1.29 is 0 Å². The van der Waals surface area contributed by atoms with E-state index in [2.05, 4.69) is 28.4 Å². The van der Waals surface area contributed by atoms with E-state index in [-0.39, 0.29) is 0 Å². The Labute approximate surface area is 94.3 Å². The van der Waals surface area contributed by atoms with Crippen molar-refractivity contribution in [2.75, 3.05) is 19.8 Å². The fourth-order valence-electron chi connectivity index (χ4n) is 2.43. The van der Waals surface area contributed by atoms with E-state index < -0.39 is 0 Å². The molecule has 2 heterocycles. The second-order valence-electron chi connectivity index (χ2n) is 4.20. The molecule has 0 spiro atoms. The van der Waals surface area contributed by atoms with Crippen molar-refractivity contribution in [1.82, 2.24) is 10.2 Å². The Morgan fingerprint density at radius 1 is 1.38 bits per heavy atom. The van der Waals surface area contributed by atoms with Gasteiger partial charge in [-0.15, -0.1) is 0 Å². The Morgan fingerprint density at radius 3 is 3.19 bits per heavy atom. The molecule has 1 saturated heterocycles. The van der Waals surface area contributed by atoms with Crippen LogP contribution in [0.15, 0.2) is 18.2 Å².